The highest BCUT2D eigenvalue weighted by Crippen LogP contribution is 2.46. The fourth-order valence-corrected chi connectivity index (χ4v) is 6.63. The van der Waals surface area contributed by atoms with Gasteiger partial charge in [0.2, 0.25) is 5.78 Å². The van der Waals surface area contributed by atoms with Gasteiger partial charge >= 0.3 is 0 Å². The van der Waals surface area contributed by atoms with Crippen molar-refractivity contribution in [1.29, 1.82) is 0 Å². The molecule has 2 aromatic carbocycles. The van der Waals surface area contributed by atoms with Gasteiger partial charge < -0.3 is 0 Å². The van der Waals surface area contributed by atoms with Gasteiger partial charge in [-0.05, 0) is 66.0 Å². The van der Waals surface area contributed by atoms with E-state index in [4.69, 9.17) is 0 Å². The molecule has 1 heterocycles. The summed E-state index contributed by atoms with van der Waals surface area (Å²) >= 11 is 1.72. The van der Waals surface area contributed by atoms with Crippen molar-refractivity contribution in [1.82, 2.24) is 0 Å². The molecule has 184 valence electrons. The Morgan fingerprint density at radius 3 is 2.24 bits per heavy atom. The molecule has 3 rings (SSSR count). The number of unbranched alkanes of at least 4 members (excludes halogenated alkanes) is 6. The lowest BCUT2D eigenvalue weighted by atomic mass is 9.88. The van der Waals surface area contributed by atoms with E-state index in [1.807, 2.05) is 6.07 Å². The fourth-order valence-electron chi connectivity index (χ4n) is 5.40. The lowest BCUT2D eigenvalue weighted by Gasteiger charge is -2.19. The van der Waals surface area contributed by atoms with Crippen molar-refractivity contribution in [3.05, 3.63) is 69.1 Å². The fraction of sp³-hybridized carbons (Fsp3) is 0.531. The number of carbonyl (C=O) groups is 1. The van der Waals surface area contributed by atoms with Gasteiger partial charge in [0.05, 0.1) is 4.91 Å². The Kier molecular flexibility index (Phi) is 11.0. The molecule has 1 nitrogen and oxygen atoms in total. The van der Waals surface area contributed by atoms with Crippen molar-refractivity contribution in [2.45, 2.75) is 116 Å². The Morgan fingerprint density at radius 1 is 0.794 bits per heavy atom. The van der Waals surface area contributed by atoms with E-state index in [2.05, 4.69) is 64.1 Å². The molecule has 0 spiro atoms. The molecule has 0 aliphatic carbocycles. The van der Waals surface area contributed by atoms with Crippen LogP contribution in [0.25, 0.3) is 6.08 Å². The van der Waals surface area contributed by atoms with E-state index in [9.17, 15) is 4.79 Å². The van der Waals surface area contributed by atoms with Crippen molar-refractivity contribution in [3.8, 4) is 0 Å². The molecule has 1 aliphatic heterocycles. The standard InChI is InChI=1S/C32H44OS/c1-5-9-10-11-12-13-14-18-25(17-6-2)28-21-16-22-29-31(33)30(34-32(28)29)23-26-20-15-19-24(7-3)27(26)8-4/h15-16,19-23,25H,5-14,17-18H2,1-4H3. The van der Waals surface area contributed by atoms with Crippen LogP contribution in [0.1, 0.15) is 130 Å². The molecule has 0 radical (unpaired) electrons. The molecule has 1 unspecified atom stereocenters. The molecular weight excluding hydrogens is 432 g/mol. The van der Waals surface area contributed by atoms with E-state index < -0.39 is 0 Å². The van der Waals surface area contributed by atoms with Crippen LogP contribution < -0.4 is 0 Å². The molecule has 0 amide bonds. The number of hydrogen-bond donors (Lipinski definition) is 0. The van der Waals surface area contributed by atoms with Crippen LogP contribution in [0.2, 0.25) is 0 Å². The largest absolute Gasteiger partial charge is 0.288 e. The number of hydrogen-bond acceptors (Lipinski definition) is 2. The van der Waals surface area contributed by atoms with Gasteiger partial charge in [0, 0.05) is 10.5 Å². The van der Waals surface area contributed by atoms with Crippen LogP contribution in [0, 0.1) is 0 Å². The highest BCUT2D eigenvalue weighted by atomic mass is 32.2. The summed E-state index contributed by atoms with van der Waals surface area (Å²) in [6.45, 7) is 8.99. The number of rotatable bonds is 14. The van der Waals surface area contributed by atoms with E-state index in [0.29, 0.717) is 5.92 Å². The predicted octanol–water partition coefficient (Wildman–Crippen LogP) is 10.2. The number of ketones is 1. The van der Waals surface area contributed by atoms with Gasteiger partial charge in [-0.15, -0.1) is 0 Å². The summed E-state index contributed by atoms with van der Waals surface area (Å²) in [6.07, 6.45) is 17.3. The SMILES string of the molecule is CCCCCCCCCC(CCC)c1cccc2c1SC(=Cc1cccc(CC)c1CC)C2=O. The van der Waals surface area contributed by atoms with Crippen molar-refractivity contribution in [3.63, 3.8) is 0 Å². The van der Waals surface area contributed by atoms with Crippen LogP contribution in [0.3, 0.4) is 0 Å². The quantitative estimate of drug-likeness (QED) is 0.199. The third kappa shape index (κ3) is 6.66. The number of thioether (sulfide) groups is 1. The number of Topliss-reactive ketones (excluding diaryl/α,β-unsaturated/α-hetero) is 1. The zero-order chi connectivity index (χ0) is 24.3. The number of allylic oxidation sites excluding steroid dienone is 1. The Hall–Kier alpha value is -1.80. The second-order valence-electron chi connectivity index (χ2n) is 9.75. The lowest BCUT2D eigenvalue weighted by Crippen LogP contribution is -2.02. The minimum absolute atomic E-state index is 0.206. The third-order valence-electron chi connectivity index (χ3n) is 7.29. The van der Waals surface area contributed by atoms with Crippen LogP contribution in [-0.2, 0) is 12.8 Å². The van der Waals surface area contributed by atoms with E-state index >= 15 is 0 Å². The summed E-state index contributed by atoms with van der Waals surface area (Å²) in [5.74, 6) is 0.766. The normalized spacial score (nSPS) is 15.2. The van der Waals surface area contributed by atoms with Crippen LogP contribution >= 0.6 is 11.8 Å². The molecule has 0 saturated carbocycles. The minimum Gasteiger partial charge on any atom is -0.288 e. The molecule has 2 aromatic rings. The topological polar surface area (TPSA) is 17.1 Å². The molecule has 0 fully saturated rings. The predicted molar refractivity (Wildman–Crippen MR) is 150 cm³/mol. The Labute approximate surface area is 212 Å². The molecular formula is C32H44OS. The zero-order valence-electron chi connectivity index (χ0n) is 21.9. The summed E-state index contributed by atoms with van der Waals surface area (Å²) in [7, 11) is 0. The second-order valence-corrected chi connectivity index (χ2v) is 10.8. The highest BCUT2D eigenvalue weighted by molar-refractivity contribution is 8.05. The summed E-state index contributed by atoms with van der Waals surface area (Å²) in [6, 6.07) is 13.0. The molecule has 34 heavy (non-hydrogen) atoms. The Bertz CT molecular complexity index is 971. The lowest BCUT2D eigenvalue weighted by molar-refractivity contribution is 0.104. The molecule has 0 bridgehead atoms. The van der Waals surface area contributed by atoms with Crippen molar-refractivity contribution < 1.29 is 4.79 Å². The molecule has 2 heteroatoms. The van der Waals surface area contributed by atoms with Crippen molar-refractivity contribution in [2.75, 3.05) is 0 Å². The monoisotopic (exact) mass is 476 g/mol. The average molecular weight is 477 g/mol. The van der Waals surface area contributed by atoms with Gasteiger partial charge in [-0.2, -0.15) is 0 Å². The summed E-state index contributed by atoms with van der Waals surface area (Å²) in [5.41, 5.74) is 6.30. The first kappa shape index (κ1) is 26.8. The third-order valence-corrected chi connectivity index (χ3v) is 8.47. The van der Waals surface area contributed by atoms with Crippen LogP contribution in [0.15, 0.2) is 46.2 Å². The number of benzene rings is 2. The maximum Gasteiger partial charge on any atom is 0.200 e. The Morgan fingerprint density at radius 2 is 1.53 bits per heavy atom. The number of aryl methyl sites for hydroxylation is 1. The first-order valence-electron chi connectivity index (χ1n) is 13.8. The smallest absolute Gasteiger partial charge is 0.200 e. The molecule has 0 N–H and O–H groups in total. The highest BCUT2D eigenvalue weighted by Gasteiger charge is 2.30. The van der Waals surface area contributed by atoms with Gasteiger partial charge in [-0.1, -0.05) is 121 Å². The van der Waals surface area contributed by atoms with E-state index in [1.165, 1.54) is 91.4 Å². The number of fused-ring (bicyclic) bond motifs is 1. The van der Waals surface area contributed by atoms with Gasteiger partial charge in [0.1, 0.15) is 0 Å². The second kappa shape index (κ2) is 13.9. The molecule has 0 saturated heterocycles. The van der Waals surface area contributed by atoms with E-state index in [-0.39, 0.29) is 5.78 Å². The summed E-state index contributed by atoms with van der Waals surface area (Å²) < 4.78 is 0. The van der Waals surface area contributed by atoms with E-state index in [0.717, 1.165) is 23.3 Å². The minimum atomic E-state index is 0.206. The van der Waals surface area contributed by atoms with Gasteiger partial charge in [-0.3, -0.25) is 4.79 Å². The van der Waals surface area contributed by atoms with Crippen molar-refractivity contribution >= 4 is 23.6 Å². The van der Waals surface area contributed by atoms with Crippen LogP contribution in [-0.4, -0.2) is 5.78 Å². The molecule has 0 aromatic heterocycles. The maximum absolute atomic E-state index is 13.4. The van der Waals surface area contributed by atoms with E-state index in [1.54, 1.807) is 11.8 Å². The first-order valence-corrected chi connectivity index (χ1v) is 14.6. The first-order chi connectivity index (χ1) is 16.6. The summed E-state index contributed by atoms with van der Waals surface area (Å²) in [4.78, 5) is 15.5. The Balaban J connectivity index is 1.78. The van der Waals surface area contributed by atoms with Gasteiger partial charge in [0.25, 0.3) is 0 Å². The molecule has 1 aliphatic rings. The van der Waals surface area contributed by atoms with Crippen LogP contribution in [0.4, 0.5) is 0 Å². The molecule has 1 atom stereocenters. The zero-order valence-corrected chi connectivity index (χ0v) is 22.7. The summed E-state index contributed by atoms with van der Waals surface area (Å²) in [5, 5.41) is 0. The van der Waals surface area contributed by atoms with Crippen LogP contribution in [0.5, 0.6) is 0 Å². The van der Waals surface area contributed by atoms with Gasteiger partial charge in [-0.25, -0.2) is 0 Å². The number of carbonyl (C=O) groups excluding carboxylic acids is 1. The van der Waals surface area contributed by atoms with Crippen molar-refractivity contribution in [2.24, 2.45) is 0 Å². The average Bonchev–Trinajstić information content (AvgIpc) is 3.17. The van der Waals surface area contributed by atoms with Gasteiger partial charge in [0.15, 0.2) is 0 Å². The maximum atomic E-state index is 13.4.